The second kappa shape index (κ2) is 13.6. The summed E-state index contributed by atoms with van der Waals surface area (Å²) in [5.74, 6) is 1.91. The van der Waals surface area contributed by atoms with E-state index in [4.69, 9.17) is 4.74 Å². The molecule has 12 rings (SSSR count). The van der Waals surface area contributed by atoms with Gasteiger partial charge in [-0.25, -0.2) is 0 Å². The highest BCUT2D eigenvalue weighted by Gasteiger charge is 2.34. The molecule has 1 aromatic heterocycles. The Morgan fingerprint density at radius 1 is 0.475 bits per heavy atom. The molecule has 59 heavy (non-hydrogen) atoms. The number of hydrogen-bond donors (Lipinski definition) is 0. The van der Waals surface area contributed by atoms with Crippen LogP contribution in [0.1, 0.15) is 17.0 Å². The molecule has 2 aliphatic rings. The van der Waals surface area contributed by atoms with Gasteiger partial charge in [0.05, 0.1) is 16.3 Å². The second-order valence-electron chi connectivity index (χ2n) is 15.3. The zero-order chi connectivity index (χ0) is 38.9. The summed E-state index contributed by atoms with van der Waals surface area (Å²) in [7, 11) is 0. The van der Waals surface area contributed by atoms with Crippen LogP contribution in [0.15, 0.2) is 218 Å². The number of para-hydroxylation sites is 1. The van der Waals surface area contributed by atoms with Crippen LogP contribution >= 0.6 is 11.3 Å². The van der Waals surface area contributed by atoms with Crippen LogP contribution in [0.4, 0.5) is 17.1 Å². The molecule has 3 heteroatoms. The molecule has 1 aliphatic heterocycles. The van der Waals surface area contributed by atoms with Crippen LogP contribution < -0.4 is 9.64 Å². The van der Waals surface area contributed by atoms with Crippen LogP contribution in [-0.2, 0) is 0 Å². The highest BCUT2D eigenvalue weighted by molar-refractivity contribution is 7.27. The fraction of sp³-hybridized carbons (Fsp3) is 0.0179. The standard InChI is InChI=1S/C56H35NOS/c1-2-11-37(12-3-1)47-17-8-18-48-49-19-9-20-51(56(49)59-55(47)48)57(43-32-27-39(28-33-43)46-16-10-22-53-54(46)50-15-6-7-21-52(50)58-53)42-30-25-36(26-31-42)40-29-34-45-41(35-40)24-23-38-13-4-5-14-44(38)45/h1-15,17-35,54H. The third-order valence-electron chi connectivity index (χ3n) is 12.0. The van der Waals surface area contributed by atoms with Gasteiger partial charge < -0.3 is 9.64 Å². The van der Waals surface area contributed by atoms with Crippen LogP contribution in [0.3, 0.4) is 0 Å². The third-order valence-corrected chi connectivity index (χ3v) is 13.3. The molecular weight excluding hydrogens is 735 g/mol. The van der Waals surface area contributed by atoms with Gasteiger partial charge in [-0.15, -0.1) is 17.1 Å². The van der Waals surface area contributed by atoms with Gasteiger partial charge in [0, 0.05) is 38.0 Å². The lowest BCUT2D eigenvalue weighted by Crippen LogP contribution is -2.10. The fourth-order valence-corrected chi connectivity index (χ4v) is 10.5. The highest BCUT2D eigenvalue weighted by atomic mass is 32.1. The van der Waals surface area contributed by atoms with Crippen LogP contribution in [0.5, 0.6) is 5.75 Å². The summed E-state index contributed by atoms with van der Waals surface area (Å²) in [4.78, 5) is 2.42. The minimum atomic E-state index is 0.0330. The molecule has 276 valence electrons. The Kier molecular flexibility index (Phi) is 7.77. The summed E-state index contributed by atoms with van der Waals surface area (Å²) in [6.07, 6.45) is 4.03. The summed E-state index contributed by atoms with van der Waals surface area (Å²) >= 11 is 1.88. The third kappa shape index (κ3) is 5.56. The molecule has 0 bridgehead atoms. The molecule has 2 heterocycles. The largest absolute Gasteiger partial charge is 0.460 e. The van der Waals surface area contributed by atoms with Crippen molar-refractivity contribution in [3.8, 4) is 28.0 Å². The Morgan fingerprint density at radius 3 is 1.98 bits per heavy atom. The number of anilines is 3. The average Bonchev–Trinajstić information content (AvgIpc) is 3.89. The van der Waals surface area contributed by atoms with Crippen molar-refractivity contribution < 1.29 is 4.74 Å². The van der Waals surface area contributed by atoms with Crippen molar-refractivity contribution in [1.29, 1.82) is 0 Å². The Bertz CT molecular complexity index is 3390. The number of hydrogen-bond acceptors (Lipinski definition) is 3. The maximum atomic E-state index is 6.28. The predicted octanol–water partition coefficient (Wildman–Crippen LogP) is 15.8. The summed E-state index contributed by atoms with van der Waals surface area (Å²) in [6.45, 7) is 0. The zero-order valence-electron chi connectivity index (χ0n) is 32.0. The van der Waals surface area contributed by atoms with E-state index >= 15 is 0 Å². The van der Waals surface area contributed by atoms with E-state index < -0.39 is 0 Å². The van der Waals surface area contributed by atoms with Gasteiger partial charge >= 0.3 is 0 Å². The van der Waals surface area contributed by atoms with E-state index in [-0.39, 0.29) is 5.92 Å². The van der Waals surface area contributed by atoms with Gasteiger partial charge in [-0.1, -0.05) is 152 Å². The minimum Gasteiger partial charge on any atom is -0.460 e. The molecule has 0 amide bonds. The van der Waals surface area contributed by atoms with Gasteiger partial charge in [0.2, 0.25) is 0 Å². The molecule has 0 spiro atoms. The normalized spacial score (nSPS) is 14.3. The molecule has 1 aliphatic carbocycles. The maximum Gasteiger partial charge on any atom is 0.131 e. The van der Waals surface area contributed by atoms with Crippen LogP contribution in [-0.4, -0.2) is 0 Å². The smallest absolute Gasteiger partial charge is 0.131 e. The lowest BCUT2D eigenvalue weighted by Gasteiger charge is -2.27. The van der Waals surface area contributed by atoms with Crippen LogP contribution in [0, 0.1) is 0 Å². The number of nitrogens with zero attached hydrogens (tertiary/aromatic N) is 1. The van der Waals surface area contributed by atoms with Crippen molar-refractivity contribution in [2.45, 2.75) is 5.92 Å². The lowest BCUT2D eigenvalue weighted by molar-refractivity contribution is 0.439. The maximum absolute atomic E-state index is 6.28. The van der Waals surface area contributed by atoms with Gasteiger partial charge in [-0.2, -0.15) is 0 Å². The van der Waals surface area contributed by atoms with E-state index in [0.29, 0.717) is 0 Å². The highest BCUT2D eigenvalue weighted by Crippen LogP contribution is 2.50. The Balaban J connectivity index is 0.983. The summed E-state index contributed by atoms with van der Waals surface area (Å²) in [5, 5.41) is 7.62. The van der Waals surface area contributed by atoms with Gasteiger partial charge in [-0.05, 0) is 104 Å². The fourth-order valence-electron chi connectivity index (χ4n) is 9.17. The minimum absolute atomic E-state index is 0.0330. The molecule has 9 aromatic carbocycles. The number of rotatable bonds is 6. The van der Waals surface area contributed by atoms with Crippen molar-refractivity contribution in [2.24, 2.45) is 0 Å². The monoisotopic (exact) mass is 769 g/mol. The van der Waals surface area contributed by atoms with Gasteiger partial charge in [0.15, 0.2) is 0 Å². The van der Waals surface area contributed by atoms with Crippen LogP contribution in [0.25, 0.3) is 69.5 Å². The van der Waals surface area contributed by atoms with Gasteiger partial charge in [-0.3, -0.25) is 0 Å². The number of allylic oxidation sites excluding steroid dienone is 2. The quantitative estimate of drug-likeness (QED) is 0.123. The molecule has 0 N–H and O–H groups in total. The molecule has 0 saturated heterocycles. The van der Waals surface area contributed by atoms with E-state index in [2.05, 4.69) is 199 Å². The van der Waals surface area contributed by atoms with E-state index in [1.165, 1.54) is 69.5 Å². The SMILES string of the molecule is C1=CC=C2Oc3ccccc3C2C=1c1ccc(N(c2ccc(-c3ccc4c(ccc5ccccc54)c3)cc2)c2cccc3c2sc2c(-c4ccccc4)cccc23)cc1. The Hall–Kier alpha value is -7.42. The summed E-state index contributed by atoms with van der Waals surface area (Å²) in [5.41, 5.74) is 15.3. The predicted molar refractivity (Wildman–Crippen MR) is 249 cm³/mol. The van der Waals surface area contributed by atoms with E-state index in [0.717, 1.165) is 39.7 Å². The van der Waals surface area contributed by atoms with E-state index in [9.17, 15) is 0 Å². The average molecular weight is 770 g/mol. The molecule has 0 saturated carbocycles. The topological polar surface area (TPSA) is 12.5 Å². The first-order valence-electron chi connectivity index (χ1n) is 20.1. The second-order valence-corrected chi connectivity index (χ2v) is 16.3. The molecule has 10 aromatic rings. The molecule has 0 radical (unpaired) electrons. The van der Waals surface area contributed by atoms with Crippen molar-refractivity contribution in [3.63, 3.8) is 0 Å². The number of thiophene rings is 1. The lowest BCUT2D eigenvalue weighted by atomic mass is 9.85. The number of fused-ring (bicyclic) bond motifs is 9. The van der Waals surface area contributed by atoms with Gasteiger partial charge in [0.25, 0.3) is 0 Å². The molecule has 0 fully saturated rings. The number of benzene rings is 9. The first-order chi connectivity index (χ1) is 29.2. The van der Waals surface area contributed by atoms with Crippen molar-refractivity contribution >= 4 is 75.7 Å². The number of ether oxygens (including phenoxy) is 1. The first-order valence-corrected chi connectivity index (χ1v) is 20.9. The molecule has 1 unspecified atom stereocenters. The first kappa shape index (κ1) is 33.7. The Morgan fingerprint density at radius 2 is 1.14 bits per heavy atom. The van der Waals surface area contributed by atoms with Crippen LogP contribution in [0.2, 0.25) is 0 Å². The van der Waals surface area contributed by atoms with Crippen molar-refractivity contribution in [1.82, 2.24) is 0 Å². The summed E-state index contributed by atoms with van der Waals surface area (Å²) in [6, 6.07) is 70.5. The zero-order valence-corrected chi connectivity index (χ0v) is 32.8. The van der Waals surface area contributed by atoms with Crippen molar-refractivity contribution in [2.75, 3.05) is 4.90 Å². The molecule has 2 nitrogen and oxygen atoms in total. The summed E-state index contributed by atoms with van der Waals surface area (Å²) < 4.78 is 8.84. The van der Waals surface area contributed by atoms with E-state index in [1.807, 2.05) is 29.6 Å². The molecule has 1 atom stereocenters. The molecular formula is C56H35NOS. The Labute approximate surface area is 346 Å². The van der Waals surface area contributed by atoms with Gasteiger partial charge in [0.1, 0.15) is 11.5 Å². The van der Waals surface area contributed by atoms with Crippen molar-refractivity contribution in [3.05, 3.63) is 229 Å². The van der Waals surface area contributed by atoms with E-state index in [1.54, 1.807) is 0 Å².